The van der Waals surface area contributed by atoms with Crippen molar-refractivity contribution in [2.75, 3.05) is 7.11 Å². The van der Waals surface area contributed by atoms with Crippen molar-refractivity contribution in [1.82, 2.24) is 10.1 Å². The van der Waals surface area contributed by atoms with E-state index in [0.29, 0.717) is 11.4 Å². The largest absolute Gasteiger partial charge is 0.507 e. The molecule has 0 saturated heterocycles. The topological polar surface area (TPSA) is 68.4 Å². The molecule has 0 bridgehead atoms. The standard InChI is InChI=1S/C16H14N2O3/c1-10-5-3-8-13(14(10)19)16-17-15(18-21-16)11-6-4-7-12(9-11)20-2/h3-9,19H,1-2H3. The van der Waals surface area contributed by atoms with Crippen LogP contribution in [0.1, 0.15) is 5.56 Å². The van der Waals surface area contributed by atoms with Gasteiger partial charge in [-0.15, -0.1) is 0 Å². The molecule has 1 aromatic heterocycles. The van der Waals surface area contributed by atoms with Crippen LogP contribution >= 0.6 is 0 Å². The number of hydrogen-bond acceptors (Lipinski definition) is 5. The number of nitrogens with zero attached hydrogens (tertiary/aromatic N) is 2. The summed E-state index contributed by atoms with van der Waals surface area (Å²) in [5.74, 6) is 1.61. The molecule has 0 unspecified atom stereocenters. The van der Waals surface area contributed by atoms with Gasteiger partial charge < -0.3 is 14.4 Å². The highest BCUT2D eigenvalue weighted by atomic mass is 16.5. The normalized spacial score (nSPS) is 10.6. The van der Waals surface area contributed by atoms with Gasteiger partial charge in [0.15, 0.2) is 0 Å². The van der Waals surface area contributed by atoms with Crippen LogP contribution in [0.3, 0.4) is 0 Å². The van der Waals surface area contributed by atoms with E-state index in [4.69, 9.17) is 9.26 Å². The molecule has 0 aliphatic rings. The van der Waals surface area contributed by atoms with Crippen molar-refractivity contribution >= 4 is 0 Å². The van der Waals surface area contributed by atoms with Gasteiger partial charge in [-0.3, -0.25) is 0 Å². The maximum absolute atomic E-state index is 10.1. The van der Waals surface area contributed by atoms with Gasteiger partial charge in [0, 0.05) is 5.56 Å². The van der Waals surface area contributed by atoms with E-state index in [-0.39, 0.29) is 11.6 Å². The summed E-state index contributed by atoms with van der Waals surface area (Å²) in [4.78, 5) is 4.33. The molecular weight excluding hydrogens is 268 g/mol. The average molecular weight is 282 g/mol. The molecule has 0 aliphatic carbocycles. The van der Waals surface area contributed by atoms with Gasteiger partial charge >= 0.3 is 0 Å². The summed E-state index contributed by atoms with van der Waals surface area (Å²) in [6.07, 6.45) is 0. The summed E-state index contributed by atoms with van der Waals surface area (Å²) >= 11 is 0. The first-order chi connectivity index (χ1) is 10.2. The lowest BCUT2D eigenvalue weighted by molar-refractivity contribution is 0.414. The Balaban J connectivity index is 2.01. The predicted octanol–water partition coefficient (Wildman–Crippen LogP) is 3.43. The predicted molar refractivity (Wildman–Crippen MR) is 78.1 cm³/mol. The molecule has 0 radical (unpaired) electrons. The second-order valence-corrected chi connectivity index (χ2v) is 4.63. The fourth-order valence-electron chi connectivity index (χ4n) is 2.04. The van der Waals surface area contributed by atoms with Crippen molar-refractivity contribution in [3.63, 3.8) is 0 Å². The van der Waals surface area contributed by atoms with Gasteiger partial charge in [0.25, 0.3) is 5.89 Å². The molecule has 2 aromatic carbocycles. The number of phenolic OH excluding ortho intramolecular Hbond substituents is 1. The Morgan fingerprint density at radius 3 is 2.76 bits per heavy atom. The maximum atomic E-state index is 10.1. The molecule has 0 spiro atoms. The van der Waals surface area contributed by atoms with Crippen LogP contribution in [0, 0.1) is 6.92 Å². The molecule has 0 saturated carbocycles. The van der Waals surface area contributed by atoms with E-state index >= 15 is 0 Å². The minimum absolute atomic E-state index is 0.151. The fourth-order valence-corrected chi connectivity index (χ4v) is 2.04. The highest BCUT2D eigenvalue weighted by Gasteiger charge is 2.15. The number of hydrogen-bond donors (Lipinski definition) is 1. The quantitative estimate of drug-likeness (QED) is 0.797. The van der Waals surface area contributed by atoms with Crippen LogP contribution in [0.2, 0.25) is 0 Å². The summed E-state index contributed by atoms with van der Waals surface area (Å²) in [7, 11) is 1.60. The third-order valence-corrected chi connectivity index (χ3v) is 3.22. The van der Waals surface area contributed by atoms with E-state index in [1.54, 1.807) is 13.2 Å². The molecule has 5 nitrogen and oxygen atoms in total. The monoisotopic (exact) mass is 282 g/mol. The molecule has 0 atom stereocenters. The van der Waals surface area contributed by atoms with E-state index in [0.717, 1.165) is 16.9 Å². The molecule has 0 fully saturated rings. The molecule has 106 valence electrons. The molecular formula is C16H14N2O3. The molecule has 3 aromatic rings. The molecule has 3 rings (SSSR count). The summed E-state index contributed by atoms with van der Waals surface area (Å²) in [5, 5.41) is 14.0. The van der Waals surface area contributed by atoms with Gasteiger partial charge in [-0.2, -0.15) is 4.98 Å². The smallest absolute Gasteiger partial charge is 0.262 e. The molecule has 0 amide bonds. The highest BCUT2D eigenvalue weighted by molar-refractivity contribution is 5.67. The Kier molecular flexibility index (Phi) is 3.31. The van der Waals surface area contributed by atoms with Crippen LogP contribution < -0.4 is 4.74 Å². The first-order valence-corrected chi connectivity index (χ1v) is 6.46. The zero-order valence-corrected chi connectivity index (χ0v) is 11.7. The van der Waals surface area contributed by atoms with Gasteiger partial charge in [-0.25, -0.2) is 0 Å². The Bertz CT molecular complexity index is 781. The van der Waals surface area contributed by atoms with E-state index in [9.17, 15) is 5.11 Å². The average Bonchev–Trinajstić information content (AvgIpc) is 3.00. The summed E-state index contributed by atoms with van der Waals surface area (Å²) in [5.41, 5.74) is 2.07. The molecule has 1 N–H and O–H groups in total. The van der Waals surface area contributed by atoms with Crippen molar-refractivity contribution in [3.05, 3.63) is 48.0 Å². The minimum atomic E-state index is 0.151. The molecule has 21 heavy (non-hydrogen) atoms. The van der Waals surface area contributed by atoms with Gasteiger partial charge in [-0.1, -0.05) is 29.4 Å². The van der Waals surface area contributed by atoms with E-state index in [1.165, 1.54) is 0 Å². The second-order valence-electron chi connectivity index (χ2n) is 4.63. The number of aryl methyl sites for hydroxylation is 1. The van der Waals surface area contributed by atoms with Crippen molar-refractivity contribution < 1.29 is 14.4 Å². The van der Waals surface area contributed by atoms with Crippen molar-refractivity contribution in [2.45, 2.75) is 6.92 Å². The Labute approximate surface area is 121 Å². The van der Waals surface area contributed by atoms with Crippen LogP contribution in [0.5, 0.6) is 11.5 Å². The number of aromatic hydroxyl groups is 1. The van der Waals surface area contributed by atoms with E-state index < -0.39 is 0 Å². The highest BCUT2D eigenvalue weighted by Crippen LogP contribution is 2.32. The number of rotatable bonds is 3. The SMILES string of the molecule is COc1cccc(-c2noc(-c3cccc(C)c3O)n2)c1. The first-order valence-electron chi connectivity index (χ1n) is 6.46. The summed E-state index contributed by atoms with van der Waals surface area (Å²) < 4.78 is 10.4. The van der Waals surface area contributed by atoms with Crippen molar-refractivity contribution in [3.8, 4) is 34.3 Å². The Morgan fingerprint density at radius 1 is 1.14 bits per heavy atom. The van der Waals surface area contributed by atoms with Gasteiger partial charge in [-0.05, 0) is 30.7 Å². The zero-order chi connectivity index (χ0) is 14.8. The minimum Gasteiger partial charge on any atom is -0.507 e. The Morgan fingerprint density at radius 2 is 1.95 bits per heavy atom. The van der Waals surface area contributed by atoms with Crippen molar-refractivity contribution in [1.29, 1.82) is 0 Å². The number of ether oxygens (including phenoxy) is 1. The zero-order valence-electron chi connectivity index (χ0n) is 11.7. The Hall–Kier alpha value is -2.82. The first kappa shape index (κ1) is 13.2. The third kappa shape index (κ3) is 2.45. The van der Waals surface area contributed by atoms with Gasteiger partial charge in [0.05, 0.1) is 12.7 Å². The van der Waals surface area contributed by atoms with E-state index in [2.05, 4.69) is 10.1 Å². The third-order valence-electron chi connectivity index (χ3n) is 3.22. The van der Waals surface area contributed by atoms with Gasteiger partial charge in [0.1, 0.15) is 11.5 Å². The second kappa shape index (κ2) is 5.28. The summed E-state index contributed by atoms with van der Waals surface area (Å²) in [6.45, 7) is 1.82. The van der Waals surface area contributed by atoms with E-state index in [1.807, 2.05) is 43.3 Å². The van der Waals surface area contributed by atoms with Crippen LogP contribution in [-0.2, 0) is 0 Å². The molecule has 0 aliphatic heterocycles. The van der Waals surface area contributed by atoms with Gasteiger partial charge in [0.2, 0.25) is 5.82 Å². The van der Waals surface area contributed by atoms with Crippen LogP contribution in [0.4, 0.5) is 0 Å². The number of benzene rings is 2. The number of methoxy groups -OCH3 is 1. The number of phenols is 1. The number of aromatic nitrogens is 2. The lowest BCUT2D eigenvalue weighted by Crippen LogP contribution is -1.85. The van der Waals surface area contributed by atoms with Crippen molar-refractivity contribution in [2.24, 2.45) is 0 Å². The van der Waals surface area contributed by atoms with Crippen LogP contribution in [-0.4, -0.2) is 22.4 Å². The summed E-state index contributed by atoms with van der Waals surface area (Å²) in [6, 6.07) is 12.8. The maximum Gasteiger partial charge on any atom is 0.262 e. The molecule has 5 heteroatoms. The van der Waals surface area contributed by atoms with Crippen LogP contribution in [0.15, 0.2) is 47.0 Å². The lowest BCUT2D eigenvalue weighted by atomic mass is 10.1. The number of para-hydroxylation sites is 1. The fraction of sp³-hybridized carbons (Fsp3) is 0.125. The molecule has 1 heterocycles. The van der Waals surface area contributed by atoms with Crippen LogP contribution in [0.25, 0.3) is 22.8 Å². The lowest BCUT2D eigenvalue weighted by Gasteiger charge is -2.01.